The number of fused-ring (bicyclic) bond motifs is 1. The SMILES string of the molecule is C[Si](C)(C)/C=C(\c1ccc(C=O)cc1)[Si](C)(C)c1cccc2cccnc12. The van der Waals surface area contributed by atoms with Crippen molar-refractivity contribution in [1.29, 1.82) is 0 Å². The Morgan fingerprint density at radius 1 is 0.889 bits per heavy atom. The van der Waals surface area contributed by atoms with Gasteiger partial charge in [-0.2, -0.15) is 0 Å². The van der Waals surface area contributed by atoms with Crippen molar-refractivity contribution in [3.05, 3.63) is 77.6 Å². The molecule has 0 radical (unpaired) electrons. The van der Waals surface area contributed by atoms with Crippen LogP contribution in [0.5, 0.6) is 0 Å². The molecule has 0 fully saturated rings. The average molecular weight is 390 g/mol. The highest BCUT2D eigenvalue weighted by Gasteiger charge is 2.32. The first-order chi connectivity index (χ1) is 12.7. The molecule has 3 rings (SSSR count). The van der Waals surface area contributed by atoms with Crippen molar-refractivity contribution in [2.24, 2.45) is 0 Å². The molecule has 0 bridgehead atoms. The van der Waals surface area contributed by atoms with Gasteiger partial charge in [-0.25, -0.2) is 0 Å². The van der Waals surface area contributed by atoms with E-state index in [-0.39, 0.29) is 0 Å². The molecule has 0 spiro atoms. The largest absolute Gasteiger partial charge is 0.298 e. The lowest BCUT2D eigenvalue weighted by Crippen LogP contribution is -2.44. The summed E-state index contributed by atoms with van der Waals surface area (Å²) in [5, 5.41) is 4.00. The number of aromatic nitrogens is 1. The minimum absolute atomic E-state index is 0.720. The van der Waals surface area contributed by atoms with Gasteiger partial charge in [0.05, 0.1) is 13.6 Å². The molecule has 0 saturated carbocycles. The molecule has 0 aliphatic heterocycles. The molecular formula is C23H27NOSi2. The molecule has 0 unspecified atom stereocenters. The van der Waals surface area contributed by atoms with E-state index in [1.807, 2.05) is 24.4 Å². The monoisotopic (exact) mass is 389 g/mol. The lowest BCUT2D eigenvalue weighted by molar-refractivity contribution is 0.112. The number of pyridine rings is 1. The maximum Gasteiger partial charge on any atom is 0.150 e. The van der Waals surface area contributed by atoms with E-state index in [9.17, 15) is 4.79 Å². The van der Waals surface area contributed by atoms with Crippen molar-refractivity contribution in [3.63, 3.8) is 0 Å². The molecule has 0 aliphatic rings. The maximum atomic E-state index is 11.1. The molecule has 1 heterocycles. The maximum absolute atomic E-state index is 11.1. The third-order valence-electron chi connectivity index (χ3n) is 4.91. The van der Waals surface area contributed by atoms with E-state index in [0.717, 1.165) is 17.4 Å². The zero-order valence-corrected chi connectivity index (χ0v) is 18.8. The van der Waals surface area contributed by atoms with Gasteiger partial charge in [0.1, 0.15) is 14.4 Å². The number of benzene rings is 2. The second-order valence-corrected chi connectivity index (χ2v) is 18.0. The molecule has 138 valence electrons. The molecule has 27 heavy (non-hydrogen) atoms. The van der Waals surface area contributed by atoms with Gasteiger partial charge in [-0.05, 0) is 16.8 Å². The third kappa shape index (κ3) is 4.17. The van der Waals surface area contributed by atoms with Crippen molar-refractivity contribution in [2.45, 2.75) is 32.7 Å². The van der Waals surface area contributed by atoms with Gasteiger partial charge in [-0.1, -0.05) is 92.2 Å². The van der Waals surface area contributed by atoms with E-state index in [2.05, 4.69) is 74.8 Å². The smallest absolute Gasteiger partial charge is 0.150 e. The van der Waals surface area contributed by atoms with Crippen LogP contribution in [0.25, 0.3) is 16.1 Å². The second kappa shape index (κ2) is 7.37. The zero-order chi connectivity index (χ0) is 19.7. The predicted molar refractivity (Wildman–Crippen MR) is 122 cm³/mol. The summed E-state index contributed by atoms with van der Waals surface area (Å²) in [5.41, 5.74) is 5.60. The molecule has 0 saturated heterocycles. The van der Waals surface area contributed by atoms with Gasteiger partial charge in [-0.15, -0.1) is 0 Å². The molecule has 2 nitrogen and oxygen atoms in total. The quantitative estimate of drug-likeness (QED) is 0.428. The number of carbonyl (C=O) groups is 1. The van der Waals surface area contributed by atoms with E-state index in [4.69, 9.17) is 4.98 Å². The summed E-state index contributed by atoms with van der Waals surface area (Å²) >= 11 is 0. The van der Waals surface area contributed by atoms with Crippen LogP contribution in [0, 0.1) is 0 Å². The Labute approximate surface area is 164 Å². The van der Waals surface area contributed by atoms with Crippen LogP contribution >= 0.6 is 0 Å². The van der Waals surface area contributed by atoms with Crippen LogP contribution in [-0.4, -0.2) is 27.4 Å². The highest BCUT2D eigenvalue weighted by Crippen LogP contribution is 2.30. The Hall–Kier alpha value is -2.31. The summed E-state index contributed by atoms with van der Waals surface area (Å²) in [6.45, 7) is 11.9. The number of hydrogen-bond acceptors (Lipinski definition) is 2. The Kier molecular flexibility index (Phi) is 5.31. The highest BCUT2D eigenvalue weighted by atomic mass is 28.3. The Morgan fingerprint density at radius 2 is 1.56 bits per heavy atom. The van der Waals surface area contributed by atoms with E-state index in [1.165, 1.54) is 21.3 Å². The van der Waals surface area contributed by atoms with Crippen LogP contribution in [0.2, 0.25) is 32.7 Å². The summed E-state index contributed by atoms with van der Waals surface area (Å²) in [5.74, 6) is 0. The van der Waals surface area contributed by atoms with Crippen molar-refractivity contribution in [3.8, 4) is 0 Å². The van der Waals surface area contributed by atoms with Crippen LogP contribution in [0.3, 0.4) is 0 Å². The normalized spacial score (nSPS) is 13.0. The summed E-state index contributed by atoms with van der Waals surface area (Å²) in [6.07, 6.45) is 2.79. The van der Waals surface area contributed by atoms with Gasteiger partial charge in [0.25, 0.3) is 0 Å². The minimum Gasteiger partial charge on any atom is -0.298 e. The first kappa shape index (κ1) is 19.5. The minimum atomic E-state index is -2.01. The van der Waals surface area contributed by atoms with Crippen LogP contribution in [0.15, 0.2) is 66.5 Å². The van der Waals surface area contributed by atoms with Crippen molar-refractivity contribution >= 4 is 43.7 Å². The standard InChI is InChI=1S/C23H27NOSi2/c1-26(2,3)17-22(19-13-11-18(16-25)12-14-19)27(4,5)21-10-6-8-20-9-7-15-24-23(20)21/h6-17H,1-5H3/b22-17+. The fourth-order valence-corrected chi connectivity index (χ4v) is 9.82. The molecule has 3 aromatic rings. The lowest BCUT2D eigenvalue weighted by Gasteiger charge is -2.30. The van der Waals surface area contributed by atoms with Crippen LogP contribution in [0.1, 0.15) is 15.9 Å². The first-order valence-electron chi connectivity index (χ1n) is 9.35. The molecule has 2 aromatic carbocycles. The third-order valence-corrected chi connectivity index (χ3v) is 9.89. The first-order valence-corrected chi connectivity index (χ1v) is 15.9. The van der Waals surface area contributed by atoms with Crippen LogP contribution in [0.4, 0.5) is 0 Å². The average Bonchev–Trinajstić information content (AvgIpc) is 2.65. The number of carbonyl (C=O) groups excluding carboxylic acids is 1. The number of hydrogen-bond donors (Lipinski definition) is 0. The van der Waals surface area contributed by atoms with E-state index in [1.54, 1.807) is 0 Å². The second-order valence-electron chi connectivity index (χ2n) is 8.67. The molecule has 0 N–H and O–H groups in total. The van der Waals surface area contributed by atoms with Gasteiger partial charge < -0.3 is 0 Å². The summed E-state index contributed by atoms with van der Waals surface area (Å²) in [6, 6.07) is 18.7. The van der Waals surface area contributed by atoms with Crippen LogP contribution < -0.4 is 5.19 Å². The van der Waals surface area contributed by atoms with Crippen molar-refractivity contribution < 1.29 is 4.79 Å². The fourth-order valence-electron chi connectivity index (χ4n) is 3.55. The van der Waals surface area contributed by atoms with Gasteiger partial charge >= 0.3 is 0 Å². The molecule has 0 aliphatic carbocycles. The van der Waals surface area contributed by atoms with Gasteiger partial charge in [0.15, 0.2) is 0 Å². The molecule has 4 heteroatoms. The Morgan fingerprint density at radius 3 is 2.19 bits per heavy atom. The Balaban J connectivity index is 2.23. The number of aldehydes is 1. The topological polar surface area (TPSA) is 30.0 Å². The van der Waals surface area contributed by atoms with Gasteiger partial charge in [0.2, 0.25) is 0 Å². The fraction of sp³-hybridized carbons (Fsp3) is 0.217. The van der Waals surface area contributed by atoms with E-state index >= 15 is 0 Å². The highest BCUT2D eigenvalue weighted by molar-refractivity contribution is 7.07. The van der Waals surface area contributed by atoms with Crippen molar-refractivity contribution in [1.82, 2.24) is 4.98 Å². The van der Waals surface area contributed by atoms with E-state index < -0.39 is 16.1 Å². The Bertz CT molecular complexity index is 994. The molecule has 0 amide bonds. The predicted octanol–water partition coefficient (Wildman–Crippen LogP) is 5.46. The number of rotatable bonds is 5. The summed E-state index contributed by atoms with van der Waals surface area (Å²) in [7, 11) is -3.46. The number of nitrogens with zero attached hydrogens (tertiary/aromatic N) is 1. The number of para-hydroxylation sites is 1. The zero-order valence-electron chi connectivity index (χ0n) is 16.8. The van der Waals surface area contributed by atoms with Gasteiger partial charge in [-0.3, -0.25) is 9.78 Å². The van der Waals surface area contributed by atoms with Crippen LogP contribution in [-0.2, 0) is 0 Å². The molecule has 1 aromatic heterocycles. The summed E-state index contributed by atoms with van der Waals surface area (Å²) < 4.78 is 0. The van der Waals surface area contributed by atoms with Gasteiger partial charge in [0, 0.05) is 17.1 Å². The van der Waals surface area contributed by atoms with E-state index in [0.29, 0.717) is 0 Å². The summed E-state index contributed by atoms with van der Waals surface area (Å²) in [4.78, 5) is 15.8. The molecule has 0 atom stereocenters. The lowest BCUT2D eigenvalue weighted by atomic mass is 10.1. The van der Waals surface area contributed by atoms with Crippen molar-refractivity contribution in [2.75, 3.05) is 0 Å². The molecular weight excluding hydrogens is 362 g/mol.